The molecule has 0 saturated carbocycles. The van der Waals surface area contributed by atoms with Crippen LogP contribution >= 0.6 is 0 Å². The highest BCUT2D eigenvalue weighted by atomic mass is 14.9. The van der Waals surface area contributed by atoms with Crippen LogP contribution in [-0.4, -0.2) is 13.1 Å². The second-order valence-corrected chi connectivity index (χ2v) is 16.0. The molecule has 0 rings (SSSR count). The molecule has 0 atom stereocenters. The molecule has 0 bridgehead atoms. The Labute approximate surface area is 301 Å². The van der Waals surface area contributed by atoms with Crippen molar-refractivity contribution in [3.8, 4) is 0 Å². The predicted octanol–water partition coefficient (Wildman–Crippen LogP) is 17.0. The largest absolute Gasteiger partial charge is 0.317 e. The summed E-state index contributed by atoms with van der Waals surface area (Å²) in [7, 11) is 2.19. The first-order valence-electron chi connectivity index (χ1n) is 23.0. The van der Waals surface area contributed by atoms with Crippen molar-refractivity contribution in [3.05, 3.63) is 0 Å². The normalized spacial score (nSPS) is 11.7. The molecule has 0 radical (unpaired) electrons. The van der Waals surface area contributed by atoms with Gasteiger partial charge in [-0.1, -0.05) is 271 Å². The fraction of sp³-hybridized carbons (Fsp3) is 1.00. The zero-order valence-corrected chi connectivity index (χ0v) is 33.8. The summed E-state index contributed by atoms with van der Waals surface area (Å²) in [5, 5.41) is 3.62. The van der Waals surface area contributed by atoms with Gasteiger partial charge in [0.05, 0.1) is 0 Å². The van der Waals surface area contributed by atoms with E-state index in [0.717, 1.165) is 6.04 Å². The summed E-state index contributed by atoms with van der Waals surface area (Å²) in [5.74, 6) is 0. The van der Waals surface area contributed by atoms with Gasteiger partial charge in [-0.2, -0.15) is 0 Å². The van der Waals surface area contributed by atoms with E-state index in [1.54, 1.807) is 0 Å². The molecule has 0 heterocycles. The highest BCUT2D eigenvalue weighted by Crippen LogP contribution is 2.18. The van der Waals surface area contributed by atoms with Gasteiger partial charge in [-0.25, -0.2) is 0 Å². The Bertz CT molecular complexity index is 471. The quantitative estimate of drug-likeness (QED) is 0.0641. The molecule has 0 aliphatic heterocycles. The molecule has 1 N–H and O–H groups in total. The third-order valence-electron chi connectivity index (χ3n) is 11.2. The summed E-state index contributed by atoms with van der Waals surface area (Å²) in [4.78, 5) is 0. The first-order chi connectivity index (χ1) is 23.3. The van der Waals surface area contributed by atoms with Crippen LogP contribution in [0.2, 0.25) is 0 Å². The lowest BCUT2D eigenvalue weighted by atomic mass is 9.99. The van der Waals surface area contributed by atoms with Crippen molar-refractivity contribution in [3.63, 3.8) is 0 Å². The van der Waals surface area contributed by atoms with Crippen LogP contribution in [0.15, 0.2) is 0 Å². The second kappa shape index (κ2) is 44.0. The Balaban J connectivity index is 3.23. The summed E-state index contributed by atoms with van der Waals surface area (Å²) in [5.41, 5.74) is 0. The zero-order valence-electron chi connectivity index (χ0n) is 33.8. The third-order valence-corrected chi connectivity index (χ3v) is 11.2. The van der Waals surface area contributed by atoms with Gasteiger partial charge in [0.1, 0.15) is 0 Å². The van der Waals surface area contributed by atoms with Crippen LogP contribution in [0, 0.1) is 0 Å². The van der Waals surface area contributed by atoms with Crippen molar-refractivity contribution < 1.29 is 0 Å². The Morgan fingerprint density at radius 1 is 0.234 bits per heavy atom. The van der Waals surface area contributed by atoms with Crippen LogP contribution in [0.1, 0.15) is 284 Å². The number of hydrogen-bond acceptors (Lipinski definition) is 1. The minimum absolute atomic E-state index is 0.765. The fourth-order valence-corrected chi connectivity index (χ4v) is 7.72. The second-order valence-electron chi connectivity index (χ2n) is 16.0. The Hall–Kier alpha value is -0.0400. The molecule has 0 aliphatic rings. The molecular formula is C46H95N. The summed E-state index contributed by atoms with van der Waals surface area (Å²) in [6, 6.07) is 0.765. The van der Waals surface area contributed by atoms with E-state index in [2.05, 4.69) is 26.2 Å². The van der Waals surface area contributed by atoms with Crippen molar-refractivity contribution in [1.82, 2.24) is 5.32 Å². The van der Waals surface area contributed by atoms with E-state index < -0.39 is 0 Å². The molecule has 1 heteroatoms. The van der Waals surface area contributed by atoms with E-state index in [-0.39, 0.29) is 0 Å². The van der Waals surface area contributed by atoms with Crippen molar-refractivity contribution in [2.75, 3.05) is 7.05 Å². The molecule has 0 aliphatic carbocycles. The van der Waals surface area contributed by atoms with Crippen molar-refractivity contribution in [1.29, 1.82) is 0 Å². The molecule has 0 aromatic carbocycles. The topological polar surface area (TPSA) is 12.0 Å². The van der Waals surface area contributed by atoms with E-state index >= 15 is 0 Å². The number of nitrogens with one attached hydrogen (secondary N) is 1. The molecule has 0 aromatic heterocycles. The van der Waals surface area contributed by atoms with Crippen LogP contribution in [0.3, 0.4) is 0 Å². The van der Waals surface area contributed by atoms with Gasteiger partial charge in [0.25, 0.3) is 0 Å². The summed E-state index contributed by atoms with van der Waals surface area (Å²) in [6.45, 7) is 4.62. The first-order valence-corrected chi connectivity index (χ1v) is 23.0. The minimum atomic E-state index is 0.765. The molecule has 0 unspecified atom stereocenters. The Morgan fingerprint density at radius 3 is 0.532 bits per heavy atom. The van der Waals surface area contributed by atoms with E-state index in [0.29, 0.717) is 0 Å². The Morgan fingerprint density at radius 2 is 0.383 bits per heavy atom. The van der Waals surface area contributed by atoms with E-state index in [1.807, 2.05) is 0 Å². The average molecular weight is 662 g/mol. The van der Waals surface area contributed by atoms with Gasteiger partial charge in [0.15, 0.2) is 0 Å². The minimum Gasteiger partial charge on any atom is -0.317 e. The first kappa shape index (κ1) is 47.0. The van der Waals surface area contributed by atoms with Crippen LogP contribution in [-0.2, 0) is 0 Å². The molecule has 284 valence electrons. The molecule has 0 saturated heterocycles. The maximum Gasteiger partial charge on any atom is 0.00640 e. The monoisotopic (exact) mass is 662 g/mol. The third kappa shape index (κ3) is 42.0. The maximum absolute atomic E-state index is 3.62. The van der Waals surface area contributed by atoms with Gasteiger partial charge in [-0.05, 0) is 19.9 Å². The number of rotatable bonds is 43. The highest BCUT2D eigenvalue weighted by molar-refractivity contribution is 4.65. The van der Waals surface area contributed by atoms with E-state index in [1.165, 1.54) is 270 Å². The SMILES string of the molecule is CCCCCCCCCCCCCCCCCCCCCCC(CCCCCCCCCCCCCCCCCCCCCC)NC. The average Bonchev–Trinajstić information content (AvgIpc) is 3.09. The molecule has 0 fully saturated rings. The lowest BCUT2D eigenvalue weighted by molar-refractivity contribution is 0.434. The highest BCUT2D eigenvalue weighted by Gasteiger charge is 2.05. The molecule has 47 heavy (non-hydrogen) atoms. The van der Waals surface area contributed by atoms with Gasteiger partial charge in [-0.15, -0.1) is 0 Å². The number of hydrogen-bond donors (Lipinski definition) is 1. The summed E-state index contributed by atoms with van der Waals surface area (Å²) in [6.07, 6.45) is 61.6. The summed E-state index contributed by atoms with van der Waals surface area (Å²) < 4.78 is 0. The van der Waals surface area contributed by atoms with Gasteiger partial charge >= 0.3 is 0 Å². The molecule has 0 amide bonds. The lowest BCUT2D eigenvalue weighted by Crippen LogP contribution is -2.24. The fourth-order valence-electron chi connectivity index (χ4n) is 7.72. The van der Waals surface area contributed by atoms with Gasteiger partial charge in [-0.3, -0.25) is 0 Å². The zero-order chi connectivity index (χ0) is 34.0. The van der Waals surface area contributed by atoms with Gasteiger partial charge in [0.2, 0.25) is 0 Å². The van der Waals surface area contributed by atoms with Crippen LogP contribution < -0.4 is 5.32 Å². The smallest absolute Gasteiger partial charge is 0.00640 e. The predicted molar refractivity (Wildman–Crippen MR) is 218 cm³/mol. The van der Waals surface area contributed by atoms with Crippen molar-refractivity contribution in [2.24, 2.45) is 0 Å². The Kier molecular flexibility index (Phi) is 43.9. The van der Waals surface area contributed by atoms with Crippen LogP contribution in [0.5, 0.6) is 0 Å². The standard InChI is InChI=1S/C46H95N/c1-4-6-8-10-12-14-16-18-20-22-24-26-28-30-32-34-36-38-40-42-44-46(47-3)45-43-41-39-37-35-33-31-29-27-25-23-21-19-17-15-13-11-9-7-5-2/h46-47H,4-45H2,1-3H3. The van der Waals surface area contributed by atoms with Crippen LogP contribution in [0.25, 0.3) is 0 Å². The number of unbranched alkanes of at least 4 members (excludes halogenated alkanes) is 38. The molecule has 1 nitrogen and oxygen atoms in total. The maximum atomic E-state index is 3.62. The molecular weight excluding hydrogens is 567 g/mol. The van der Waals surface area contributed by atoms with Gasteiger partial charge < -0.3 is 5.32 Å². The van der Waals surface area contributed by atoms with Crippen molar-refractivity contribution >= 4 is 0 Å². The van der Waals surface area contributed by atoms with E-state index in [9.17, 15) is 0 Å². The van der Waals surface area contributed by atoms with Gasteiger partial charge in [0, 0.05) is 6.04 Å². The molecule has 0 aromatic rings. The van der Waals surface area contributed by atoms with Crippen molar-refractivity contribution in [2.45, 2.75) is 290 Å². The summed E-state index contributed by atoms with van der Waals surface area (Å²) >= 11 is 0. The molecule has 0 spiro atoms. The van der Waals surface area contributed by atoms with Crippen LogP contribution in [0.4, 0.5) is 0 Å². The van der Waals surface area contributed by atoms with E-state index in [4.69, 9.17) is 0 Å². The lowest BCUT2D eigenvalue weighted by Gasteiger charge is -2.16.